The maximum Gasteiger partial charge on any atom is 0.416 e. The standard InChI is InChI=1S/C24H19ClF3N3O5S/c1-11-18-20(33)30-23(34)31(8-17(32)24(26,27)28)22(18)37-19(11)13-6-16(25)21(29-7-13)36-15-4-2-12(3-5-15)14-9-35-10-14/h2-7,14,17,32H,8-10H2,1H3,(H,30,33,34)/t17-/m1/s1. The van der Waals surface area contributed by atoms with Crippen molar-refractivity contribution < 1.29 is 27.8 Å². The van der Waals surface area contributed by atoms with Gasteiger partial charge in [0, 0.05) is 22.6 Å². The number of ether oxygens (including phenoxy) is 2. The van der Waals surface area contributed by atoms with Crippen LogP contribution in [0.25, 0.3) is 20.7 Å². The number of aliphatic hydroxyl groups excluding tert-OH is 1. The summed E-state index contributed by atoms with van der Waals surface area (Å²) in [6.45, 7) is 1.92. The van der Waals surface area contributed by atoms with Crippen LogP contribution in [-0.2, 0) is 11.3 Å². The van der Waals surface area contributed by atoms with Crippen molar-refractivity contribution in [1.29, 1.82) is 0 Å². The number of hydrogen-bond donors (Lipinski definition) is 2. The molecule has 194 valence electrons. The van der Waals surface area contributed by atoms with Gasteiger partial charge in [-0.3, -0.25) is 14.3 Å². The number of aromatic nitrogens is 3. The molecule has 0 amide bonds. The molecule has 2 N–H and O–H groups in total. The second-order valence-electron chi connectivity index (χ2n) is 8.58. The molecule has 3 aromatic heterocycles. The van der Waals surface area contributed by atoms with E-state index in [4.69, 9.17) is 21.1 Å². The average Bonchev–Trinajstić information content (AvgIpc) is 3.14. The van der Waals surface area contributed by atoms with Gasteiger partial charge in [-0.15, -0.1) is 11.3 Å². The van der Waals surface area contributed by atoms with Gasteiger partial charge in [0.25, 0.3) is 5.56 Å². The Bertz CT molecular complexity index is 1590. The highest BCUT2D eigenvalue weighted by Gasteiger charge is 2.39. The van der Waals surface area contributed by atoms with Gasteiger partial charge >= 0.3 is 11.9 Å². The predicted molar refractivity (Wildman–Crippen MR) is 132 cm³/mol. The Balaban J connectivity index is 1.47. The van der Waals surface area contributed by atoms with Crippen LogP contribution >= 0.6 is 22.9 Å². The van der Waals surface area contributed by atoms with Crippen molar-refractivity contribution in [3.63, 3.8) is 0 Å². The van der Waals surface area contributed by atoms with Crippen LogP contribution in [-0.4, -0.2) is 45.1 Å². The Labute approximate surface area is 215 Å². The first kappa shape index (κ1) is 25.5. The summed E-state index contributed by atoms with van der Waals surface area (Å²) in [6, 6.07) is 9.05. The van der Waals surface area contributed by atoms with Gasteiger partial charge in [0.15, 0.2) is 6.10 Å². The zero-order valence-corrected chi connectivity index (χ0v) is 20.7. The Hall–Kier alpha value is -3.19. The number of aromatic amines is 1. The van der Waals surface area contributed by atoms with E-state index in [2.05, 4.69) is 4.98 Å². The van der Waals surface area contributed by atoms with E-state index in [9.17, 15) is 27.9 Å². The van der Waals surface area contributed by atoms with Gasteiger partial charge in [0.1, 0.15) is 15.6 Å². The number of aliphatic hydroxyl groups is 1. The fraction of sp³-hybridized carbons (Fsp3) is 0.292. The number of H-pyrrole nitrogens is 1. The van der Waals surface area contributed by atoms with Crippen molar-refractivity contribution in [2.45, 2.75) is 31.7 Å². The summed E-state index contributed by atoms with van der Waals surface area (Å²) in [4.78, 5) is 31.6. The van der Waals surface area contributed by atoms with E-state index in [0.717, 1.165) is 16.9 Å². The maximum absolute atomic E-state index is 12.9. The van der Waals surface area contributed by atoms with Crippen LogP contribution in [0.15, 0.2) is 46.1 Å². The number of rotatable bonds is 6. The summed E-state index contributed by atoms with van der Waals surface area (Å²) in [5, 5.41) is 9.73. The number of fused-ring (bicyclic) bond motifs is 1. The molecular formula is C24H19ClF3N3O5S. The van der Waals surface area contributed by atoms with Crippen LogP contribution in [0.3, 0.4) is 0 Å². The molecule has 4 aromatic rings. The van der Waals surface area contributed by atoms with Crippen LogP contribution < -0.4 is 16.0 Å². The summed E-state index contributed by atoms with van der Waals surface area (Å²) >= 11 is 7.35. The zero-order valence-electron chi connectivity index (χ0n) is 19.1. The molecule has 1 atom stereocenters. The number of nitrogens with one attached hydrogen (secondary N) is 1. The van der Waals surface area contributed by atoms with Crippen molar-refractivity contribution in [1.82, 2.24) is 14.5 Å². The lowest BCUT2D eigenvalue weighted by Gasteiger charge is -2.26. The lowest BCUT2D eigenvalue weighted by molar-refractivity contribution is -0.207. The van der Waals surface area contributed by atoms with Crippen molar-refractivity contribution in [3.05, 3.63) is 73.5 Å². The van der Waals surface area contributed by atoms with E-state index in [1.165, 1.54) is 6.20 Å². The Morgan fingerprint density at radius 2 is 2.00 bits per heavy atom. The number of alkyl halides is 3. The summed E-state index contributed by atoms with van der Waals surface area (Å²) in [5.41, 5.74) is 0.257. The van der Waals surface area contributed by atoms with Crippen molar-refractivity contribution >= 4 is 33.2 Å². The van der Waals surface area contributed by atoms with Crippen LogP contribution in [0.4, 0.5) is 13.2 Å². The molecule has 0 unspecified atom stereocenters. The normalized spacial score (nSPS) is 15.1. The molecule has 1 fully saturated rings. The fourth-order valence-corrected chi connectivity index (χ4v) is 5.46. The third-order valence-electron chi connectivity index (χ3n) is 6.07. The minimum absolute atomic E-state index is 0.00190. The molecule has 8 nitrogen and oxygen atoms in total. The molecule has 0 aliphatic carbocycles. The molecule has 1 saturated heterocycles. The van der Waals surface area contributed by atoms with Crippen LogP contribution in [0.5, 0.6) is 11.6 Å². The monoisotopic (exact) mass is 553 g/mol. The van der Waals surface area contributed by atoms with Crippen LogP contribution in [0.2, 0.25) is 5.02 Å². The molecular weight excluding hydrogens is 535 g/mol. The zero-order chi connectivity index (χ0) is 26.5. The molecule has 1 aromatic carbocycles. The summed E-state index contributed by atoms with van der Waals surface area (Å²) in [7, 11) is 0. The van der Waals surface area contributed by atoms with Crippen LogP contribution in [0.1, 0.15) is 17.0 Å². The number of hydrogen-bond acceptors (Lipinski definition) is 7. The van der Waals surface area contributed by atoms with Crippen LogP contribution in [0, 0.1) is 6.92 Å². The van der Waals surface area contributed by atoms with E-state index in [-0.39, 0.29) is 21.1 Å². The van der Waals surface area contributed by atoms with Gasteiger partial charge in [-0.25, -0.2) is 9.78 Å². The van der Waals surface area contributed by atoms with E-state index < -0.39 is 30.1 Å². The van der Waals surface area contributed by atoms with Gasteiger partial charge in [0.2, 0.25) is 5.88 Å². The molecule has 0 spiro atoms. The quantitative estimate of drug-likeness (QED) is 0.361. The van der Waals surface area contributed by atoms with Gasteiger partial charge in [-0.1, -0.05) is 23.7 Å². The Morgan fingerprint density at radius 1 is 1.30 bits per heavy atom. The molecule has 0 radical (unpaired) electrons. The lowest BCUT2D eigenvalue weighted by atomic mass is 9.98. The number of benzene rings is 1. The molecule has 5 rings (SSSR count). The molecule has 0 saturated carbocycles. The SMILES string of the molecule is Cc1c(-c2cnc(Oc3ccc(C4COC4)cc3)c(Cl)c2)sc2c1c(=O)[nH]c(=O)n2C[C@@H](O)C(F)(F)F. The molecule has 1 aliphatic rings. The van der Waals surface area contributed by atoms with Gasteiger partial charge < -0.3 is 14.6 Å². The first-order valence-corrected chi connectivity index (χ1v) is 12.2. The van der Waals surface area contributed by atoms with E-state index in [0.29, 0.717) is 45.5 Å². The number of halogens is 4. The smallest absolute Gasteiger partial charge is 0.416 e. The largest absolute Gasteiger partial charge is 0.438 e. The Morgan fingerprint density at radius 3 is 2.59 bits per heavy atom. The molecule has 4 heterocycles. The van der Waals surface area contributed by atoms with Crippen molar-refractivity contribution in [2.24, 2.45) is 0 Å². The van der Waals surface area contributed by atoms with E-state index >= 15 is 0 Å². The fourth-order valence-electron chi connectivity index (χ4n) is 3.97. The van der Waals surface area contributed by atoms with Gasteiger partial charge in [0.05, 0.1) is 25.1 Å². The first-order valence-electron chi connectivity index (χ1n) is 11.1. The highest BCUT2D eigenvalue weighted by molar-refractivity contribution is 7.22. The maximum atomic E-state index is 12.9. The number of thiophene rings is 1. The van der Waals surface area contributed by atoms with Crippen molar-refractivity contribution in [3.8, 4) is 22.1 Å². The third-order valence-corrected chi connectivity index (χ3v) is 7.71. The lowest BCUT2D eigenvalue weighted by Crippen LogP contribution is -2.38. The Kier molecular flexibility index (Phi) is 6.61. The number of nitrogens with zero attached hydrogens (tertiary/aromatic N) is 2. The molecule has 0 bridgehead atoms. The van der Waals surface area contributed by atoms with E-state index in [1.54, 1.807) is 25.1 Å². The summed E-state index contributed by atoms with van der Waals surface area (Å²) in [6.07, 6.45) is -6.26. The van der Waals surface area contributed by atoms with Crippen molar-refractivity contribution in [2.75, 3.05) is 13.2 Å². The second-order valence-corrected chi connectivity index (χ2v) is 9.99. The minimum Gasteiger partial charge on any atom is -0.438 e. The minimum atomic E-state index is -4.93. The van der Waals surface area contributed by atoms with Gasteiger partial charge in [-0.2, -0.15) is 13.2 Å². The highest BCUT2D eigenvalue weighted by atomic mass is 35.5. The summed E-state index contributed by atoms with van der Waals surface area (Å²) in [5.74, 6) is 1.05. The highest BCUT2D eigenvalue weighted by Crippen LogP contribution is 2.39. The van der Waals surface area contributed by atoms with E-state index in [1.807, 2.05) is 17.1 Å². The second kappa shape index (κ2) is 9.60. The topological polar surface area (TPSA) is 106 Å². The molecule has 1 aliphatic heterocycles. The average molecular weight is 554 g/mol. The predicted octanol–water partition coefficient (Wildman–Crippen LogP) is 4.60. The molecule has 13 heteroatoms. The third kappa shape index (κ3) is 4.89. The first-order chi connectivity index (χ1) is 17.5. The molecule has 37 heavy (non-hydrogen) atoms. The number of pyridine rings is 1. The summed E-state index contributed by atoms with van der Waals surface area (Å²) < 4.78 is 50.5. The van der Waals surface area contributed by atoms with Gasteiger partial charge in [-0.05, 0) is 36.2 Å². The number of aryl methyl sites for hydroxylation is 1.